The molecule has 0 heterocycles. The van der Waals surface area contributed by atoms with Gasteiger partial charge in [0.15, 0.2) is 0 Å². The minimum absolute atomic E-state index is 0.176. The zero-order chi connectivity index (χ0) is 11.6. The third kappa shape index (κ3) is 17.3. The Bertz CT molecular complexity index is 148. The van der Waals surface area contributed by atoms with Crippen molar-refractivity contribution in [3.05, 3.63) is 12.2 Å². The maximum Gasteiger partial charge on any atom is 0.330 e. The van der Waals surface area contributed by atoms with Crippen molar-refractivity contribution in [2.45, 2.75) is 53.4 Å². The summed E-state index contributed by atoms with van der Waals surface area (Å²) in [5, 5.41) is 7.89. The summed E-state index contributed by atoms with van der Waals surface area (Å²) in [6, 6.07) is 0. The smallest absolute Gasteiger partial charge is 0.330 e. The van der Waals surface area contributed by atoms with Gasteiger partial charge in [0.1, 0.15) is 0 Å². The van der Waals surface area contributed by atoms with Gasteiger partial charge in [0.2, 0.25) is 0 Å². The van der Waals surface area contributed by atoms with Crippen LogP contribution < -0.4 is 0 Å². The predicted molar refractivity (Wildman–Crippen MR) is 61.4 cm³/mol. The number of unbranched alkanes of at least 4 members (excludes halogenated alkanes) is 2. The van der Waals surface area contributed by atoms with Crippen LogP contribution in [0.25, 0.3) is 0 Å². The molecule has 0 aliphatic heterocycles. The van der Waals surface area contributed by atoms with Gasteiger partial charge in [0.25, 0.3) is 0 Å². The van der Waals surface area contributed by atoms with E-state index in [1.807, 2.05) is 0 Å². The van der Waals surface area contributed by atoms with Crippen molar-refractivity contribution in [2.24, 2.45) is 5.92 Å². The number of hydrogen-bond acceptors (Lipinski definition) is 1. The van der Waals surface area contributed by atoms with Gasteiger partial charge in [-0.2, -0.15) is 0 Å². The van der Waals surface area contributed by atoms with E-state index in [0.717, 1.165) is 5.92 Å². The standard InChI is InChI=1S/C8H18.C4H6O2/c1-4-5-6-7-8(2)3;1-3(2)4(5)6/h8H,4-7H2,1-3H3;1H2,2H3,(H,5,6). The first-order valence-electron chi connectivity index (χ1n) is 5.30. The molecule has 0 atom stereocenters. The van der Waals surface area contributed by atoms with Crippen LogP contribution in [0.4, 0.5) is 0 Å². The summed E-state index contributed by atoms with van der Waals surface area (Å²) in [7, 11) is 0. The molecule has 0 amide bonds. The number of carboxylic acids is 1. The van der Waals surface area contributed by atoms with Gasteiger partial charge in [-0.1, -0.05) is 53.0 Å². The number of aliphatic carboxylic acids is 1. The number of carbonyl (C=O) groups is 1. The SMILES string of the molecule is C=C(C)C(=O)O.CCCCCC(C)C. The van der Waals surface area contributed by atoms with Crippen LogP contribution in [-0.4, -0.2) is 11.1 Å². The summed E-state index contributed by atoms with van der Waals surface area (Å²) in [6.45, 7) is 11.4. The van der Waals surface area contributed by atoms with Crippen LogP contribution in [0, 0.1) is 5.92 Å². The normalized spacial score (nSPS) is 9.21. The number of rotatable bonds is 5. The van der Waals surface area contributed by atoms with Crippen LogP contribution in [-0.2, 0) is 4.79 Å². The lowest BCUT2D eigenvalue weighted by Crippen LogP contribution is -1.92. The van der Waals surface area contributed by atoms with Crippen LogP contribution in [0.5, 0.6) is 0 Å². The number of carboxylic acid groups (broad SMARTS) is 1. The highest BCUT2D eigenvalue weighted by atomic mass is 16.4. The van der Waals surface area contributed by atoms with Crippen LogP contribution in [0.3, 0.4) is 0 Å². The van der Waals surface area contributed by atoms with E-state index in [9.17, 15) is 4.79 Å². The molecular weight excluding hydrogens is 176 g/mol. The van der Waals surface area contributed by atoms with E-state index in [0.29, 0.717) is 0 Å². The summed E-state index contributed by atoms with van der Waals surface area (Å²) in [6.07, 6.45) is 5.60. The molecule has 0 rings (SSSR count). The highest BCUT2D eigenvalue weighted by Crippen LogP contribution is 2.06. The Morgan fingerprint density at radius 2 is 1.79 bits per heavy atom. The molecule has 0 saturated heterocycles. The van der Waals surface area contributed by atoms with Crippen molar-refractivity contribution in [1.82, 2.24) is 0 Å². The maximum atomic E-state index is 9.60. The first kappa shape index (κ1) is 15.7. The zero-order valence-electron chi connectivity index (χ0n) is 9.97. The van der Waals surface area contributed by atoms with Gasteiger partial charge >= 0.3 is 5.97 Å². The van der Waals surface area contributed by atoms with Crippen molar-refractivity contribution < 1.29 is 9.90 Å². The van der Waals surface area contributed by atoms with Crippen molar-refractivity contribution >= 4 is 5.97 Å². The molecule has 2 heteroatoms. The predicted octanol–water partition coefficient (Wildman–Crippen LogP) is 3.87. The molecule has 0 aliphatic carbocycles. The molecule has 2 nitrogen and oxygen atoms in total. The van der Waals surface area contributed by atoms with Gasteiger partial charge in [-0.3, -0.25) is 0 Å². The van der Waals surface area contributed by atoms with Crippen molar-refractivity contribution in [1.29, 1.82) is 0 Å². The second kappa shape index (κ2) is 10.3. The van der Waals surface area contributed by atoms with E-state index in [4.69, 9.17) is 5.11 Å². The summed E-state index contributed by atoms with van der Waals surface area (Å²) in [5.74, 6) is -0.0310. The second-order valence-corrected chi connectivity index (χ2v) is 3.98. The van der Waals surface area contributed by atoms with E-state index >= 15 is 0 Å². The lowest BCUT2D eigenvalue weighted by molar-refractivity contribution is -0.132. The first-order valence-corrected chi connectivity index (χ1v) is 5.30. The molecule has 0 aromatic carbocycles. The minimum atomic E-state index is -0.935. The van der Waals surface area contributed by atoms with E-state index in [1.54, 1.807) is 0 Å². The third-order valence-corrected chi connectivity index (χ3v) is 1.75. The molecule has 84 valence electrons. The first-order chi connectivity index (χ1) is 6.41. The Kier molecular flexibility index (Phi) is 11.5. The summed E-state index contributed by atoms with van der Waals surface area (Å²) in [5.41, 5.74) is 0.176. The Hall–Kier alpha value is -0.790. The summed E-state index contributed by atoms with van der Waals surface area (Å²) in [4.78, 5) is 9.60. The minimum Gasteiger partial charge on any atom is -0.478 e. The molecule has 1 N–H and O–H groups in total. The fourth-order valence-corrected chi connectivity index (χ4v) is 0.803. The molecule has 0 radical (unpaired) electrons. The van der Waals surface area contributed by atoms with Gasteiger partial charge in [-0.15, -0.1) is 0 Å². The van der Waals surface area contributed by atoms with Crippen LogP contribution in [0.1, 0.15) is 53.4 Å². The van der Waals surface area contributed by atoms with Crippen molar-refractivity contribution in [3.63, 3.8) is 0 Å². The molecule has 0 aromatic heterocycles. The largest absolute Gasteiger partial charge is 0.478 e. The van der Waals surface area contributed by atoms with Gasteiger partial charge in [-0.05, 0) is 12.8 Å². The molecular formula is C12H24O2. The van der Waals surface area contributed by atoms with Crippen LogP contribution in [0.15, 0.2) is 12.2 Å². The third-order valence-electron chi connectivity index (χ3n) is 1.75. The van der Waals surface area contributed by atoms with Gasteiger partial charge in [0.05, 0.1) is 0 Å². The molecule has 0 fully saturated rings. The zero-order valence-corrected chi connectivity index (χ0v) is 9.97. The Labute approximate surface area is 88.0 Å². The Balaban J connectivity index is 0. The lowest BCUT2D eigenvalue weighted by Gasteiger charge is -2.00. The molecule has 0 aromatic rings. The number of hydrogen-bond donors (Lipinski definition) is 1. The Morgan fingerprint density at radius 1 is 1.36 bits per heavy atom. The van der Waals surface area contributed by atoms with Gasteiger partial charge < -0.3 is 5.11 Å². The molecule has 14 heavy (non-hydrogen) atoms. The van der Waals surface area contributed by atoms with E-state index < -0.39 is 5.97 Å². The van der Waals surface area contributed by atoms with Crippen molar-refractivity contribution in [3.8, 4) is 0 Å². The van der Waals surface area contributed by atoms with E-state index in [1.165, 1.54) is 32.6 Å². The highest BCUT2D eigenvalue weighted by molar-refractivity contribution is 5.84. The highest BCUT2D eigenvalue weighted by Gasteiger charge is 1.91. The average Bonchev–Trinajstić information content (AvgIpc) is 2.05. The van der Waals surface area contributed by atoms with E-state index in [-0.39, 0.29) is 5.57 Å². The summed E-state index contributed by atoms with van der Waals surface area (Å²) < 4.78 is 0. The molecule has 0 aliphatic rings. The molecule has 0 saturated carbocycles. The molecule has 0 spiro atoms. The fourth-order valence-electron chi connectivity index (χ4n) is 0.803. The van der Waals surface area contributed by atoms with Crippen LogP contribution in [0.2, 0.25) is 0 Å². The second-order valence-electron chi connectivity index (χ2n) is 3.98. The van der Waals surface area contributed by atoms with E-state index in [2.05, 4.69) is 27.4 Å². The van der Waals surface area contributed by atoms with Gasteiger partial charge in [0, 0.05) is 5.57 Å². The Morgan fingerprint density at radius 3 is 2.00 bits per heavy atom. The topological polar surface area (TPSA) is 37.3 Å². The summed E-state index contributed by atoms with van der Waals surface area (Å²) >= 11 is 0. The quantitative estimate of drug-likeness (QED) is 0.540. The maximum absolute atomic E-state index is 9.60. The monoisotopic (exact) mass is 200 g/mol. The molecule has 0 unspecified atom stereocenters. The van der Waals surface area contributed by atoms with Crippen molar-refractivity contribution in [2.75, 3.05) is 0 Å². The molecule has 0 bridgehead atoms. The fraction of sp³-hybridized carbons (Fsp3) is 0.750. The lowest BCUT2D eigenvalue weighted by atomic mass is 10.1. The van der Waals surface area contributed by atoms with Gasteiger partial charge in [-0.25, -0.2) is 4.79 Å². The average molecular weight is 200 g/mol. The van der Waals surface area contributed by atoms with Crippen LogP contribution >= 0.6 is 0 Å².